The number of H-pyrrole nitrogens is 1. The molecule has 0 unspecified atom stereocenters. The Hall–Kier alpha value is -1.54. The summed E-state index contributed by atoms with van der Waals surface area (Å²) in [6.07, 6.45) is 0. The standard InChI is InChI=1S/C7H4F2N2O3S/c8-3-1-5-6(2-4(3)9)11-7(10-5)15(12,13)14/h1-2H,(H,10,11)(H,12,13,14)/p-1. The second-order valence-electron chi connectivity index (χ2n) is 2.78. The molecule has 2 rings (SSSR count). The molecule has 0 amide bonds. The van der Waals surface area contributed by atoms with Crippen molar-refractivity contribution in [2.24, 2.45) is 0 Å². The Kier molecular flexibility index (Phi) is 1.98. The second-order valence-corrected chi connectivity index (χ2v) is 4.07. The maximum absolute atomic E-state index is 12.7. The number of aromatic amines is 1. The second kappa shape index (κ2) is 2.97. The molecule has 2 aromatic rings. The van der Waals surface area contributed by atoms with Crippen molar-refractivity contribution in [3.63, 3.8) is 0 Å². The highest BCUT2D eigenvalue weighted by Gasteiger charge is 2.11. The molecule has 0 spiro atoms. The molecule has 80 valence electrons. The van der Waals surface area contributed by atoms with Crippen molar-refractivity contribution in [2.75, 3.05) is 0 Å². The topological polar surface area (TPSA) is 85.9 Å². The number of benzene rings is 1. The Labute approximate surface area is 82.5 Å². The number of fused-ring (bicyclic) bond motifs is 1. The highest BCUT2D eigenvalue weighted by atomic mass is 32.2. The van der Waals surface area contributed by atoms with Crippen molar-refractivity contribution < 1.29 is 21.8 Å². The van der Waals surface area contributed by atoms with Crippen LogP contribution in [0.5, 0.6) is 0 Å². The minimum atomic E-state index is -4.75. The smallest absolute Gasteiger partial charge is 0.213 e. The van der Waals surface area contributed by atoms with E-state index in [0.717, 1.165) is 6.07 Å². The van der Waals surface area contributed by atoms with E-state index in [9.17, 15) is 21.8 Å². The lowest BCUT2D eigenvalue weighted by Gasteiger charge is -1.99. The van der Waals surface area contributed by atoms with Gasteiger partial charge >= 0.3 is 0 Å². The van der Waals surface area contributed by atoms with Crippen molar-refractivity contribution in [1.82, 2.24) is 9.97 Å². The highest BCUT2D eigenvalue weighted by Crippen LogP contribution is 2.17. The molecule has 5 nitrogen and oxygen atoms in total. The van der Waals surface area contributed by atoms with Crippen LogP contribution in [-0.2, 0) is 10.1 Å². The third-order valence-corrected chi connectivity index (χ3v) is 2.41. The van der Waals surface area contributed by atoms with Gasteiger partial charge in [-0.25, -0.2) is 22.2 Å². The maximum atomic E-state index is 12.7. The van der Waals surface area contributed by atoms with Gasteiger partial charge in [-0.2, -0.15) is 0 Å². The number of nitrogens with zero attached hydrogens (tertiary/aromatic N) is 1. The fourth-order valence-corrected chi connectivity index (χ4v) is 1.55. The van der Waals surface area contributed by atoms with Gasteiger partial charge in [-0.1, -0.05) is 0 Å². The molecule has 0 saturated carbocycles. The van der Waals surface area contributed by atoms with E-state index in [4.69, 9.17) is 0 Å². The molecule has 8 heteroatoms. The monoisotopic (exact) mass is 233 g/mol. The number of nitrogens with one attached hydrogen (secondary N) is 1. The van der Waals surface area contributed by atoms with Crippen molar-refractivity contribution in [2.45, 2.75) is 5.16 Å². The van der Waals surface area contributed by atoms with E-state index >= 15 is 0 Å². The summed E-state index contributed by atoms with van der Waals surface area (Å²) >= 11 is 0. The molecule has 0 radical (unpaired) electrons. The Morgan fingerprint density at radius 1 is 1.27 bits per heavy atom. The summed E-state index contributed by atoms with van der Waals surface area (Å²) in [5.74, 6) is -2.31. The zero-order valence-corrected chi connectivity index (χ0v) is 7.81. The first-order chi connectivity index (χ1) is 6.88. The normalized spacial score (nSPS) is 12.2. The molecule has 0 atom stereocenters. The van der Waals surface area contributed by atoms with Gasteiger partial charge in [0.1, 0.15) is 0 Å². The Bertz CT molecular complexity index is 596. The number of imidazole rings is 1. The highest BCUT2D eigenvalue weighted by molar-refractivity contribution is 7.85. The van der Waals surface area contributed by atoms with Crippen LogP contribution in [0.15, 0.2) is 17.3 Å². The molecule has 0 aliphatic rings. The molecule has 0 aliphatic carbocycles. The van der Waals surface area contributed by atoms with Gasteiger partial charge in [0, 0.05) is 12.1 Å². The number of aromatic nitrogens is 2. The van der Waals surface area contributed by atoms with Crippen LogP contribution in [0.4, 0.5) is 8.78 Å². The lowest BCUT2D eigenvalue weighted by atomic mass is 10.3. The first kappa shape index (κ1) is 9.99. The van der Waals surface area contributed by atoms with E-state index in [1.54, 1.807) is 0 Å². The molecule has 0 fully saturated rings. The molecule has 1 aromatic carbocycles. The third-order valence-electron chi connectivity index (χ3n) is 1.74. The molecule has 15 heavy (non-hydrogen) atoms. The summed E-state index contributed by atoms with van der Waals surface area (Å²) in [5, 5.41) is -0.859. The molecular weight excluding hydrogens is 230 g/mol. The van der Waals surface area contributed by atoms with Gasteiger partial charge in [0.2, 0.25) is 5.16 Å². The average molecular weight is 233 g/mol. The Morgan fingerprint density at radius 3 is 2.47 bits per heavy atom. The van der Waals surface area contributed by atoms with Crippen LogP contribution in [0.3, 0.4) is 0 Å². The summed E-state index contributed by atoms with van der Waals surface area (Å²) in [6.45, 7) is 0. The van der Waals surface area contributed by atoms with Gasteiger partial charge in [-0.15, -0.1) is 0 Å². The van der Waals surface area contributed by atoms with E-state index in [1.807, 2.05) is 0 Å². The van der Waals surface area contributed by atoms with Gasteiger partial charge in [0.05, 0.1) is 11.0 Å². The number of halogens is 2. The van der Waals surface area contributed by atoms with Crippen LogP contribution in [0.2, 0.25) is 0 Å². The zero-order valence-electron chi connectivity index (χ0n) is 6.99. The molecule has 0 saturated heterocycles. The summed E-state index contributed by atoms with van der Waals surface area (Å²) in [6, 6.07) is 1.43. The van der Waals surface area contributed by atoms with Crippen LogP contribution < -0.4 is 0 Å². The SMILES string of the molecule is O=S(=O)([O-])c1nc2cc(F)c(F)cc2[nH]1. The van der Waals surface area contributed by atoms with Crippen molar-refractivity contribution in [3.05, 3.63) is 23.8 Å². The van der Waals surface area contributed by atoms with Crippen molar-refractivity contribution in [1.29, 1.82) is 0 Å². The summed E-state index contributed by atoms with van der Waals surface area (Å²) in [7, 11) is -4.75. The number of hydrogen-bond acceptors (Lipinski definition) is 4. The van der Waals surface area contributed by atoms with Gasteiger partial charge in [-0.3, -0.25) is 0 Å². The summed E-state index contributed by atoms with van der Waals surface area (Å²) in [4.78, 5) is 5.41. The fourth-order valence-electron chi connectivity index (χ4n) is 1.10. The van der Waals surface area contributed by atoms with Gasteiger partial charge in [0.15, 0.2) is 21.8 Å². The summed E-state index contributed by atoms with van der Waals surface area (Å²) < 4.78 is 57.0. The molecule has 0 aliphatic heterocycles. The van der Waals surface area contributed by atoms with Gasteiger partial charge in [-0.05, 0) is 0 Å². The average Bonchev–Trinajstić information content (AvgIpc) is 2.47. The van der Waals surface area contributed by atoms with Crippen LogP contribution in [-0.4, -0.2) is 22.9 Å². The fraction of sp³-hybridized carbons (Fsp3) is 0. The van der Waals surface area contributed by atoms with Gasteiger partial charge < -0.3 is 9.54 Å². The van der Waals surface area contributed by atoms with E-state index in [2.05, 4.69) is 9.97 Å². The lowest BCUT2D eigenvalue weighted by molar-refractivity contribution is 0.456. The van der Waals surface area contributed by atoms with E-state index in [1.165, 1.54) is 0 Å². The first-order valence-electron chi connectivity index (χ1n) is 3.68. The van der Waals surface area contributed by atoms with Crippen LogP contribution in [0.1, 0.15) is 0 Å². The molecule has 1 N–H and O–H groups in total. The quantitative estimate of drug-likeness (QED) is 0.736. The molecular formula is C7H3F2N2O3S-. The zero-order chi connectivity index (χ0) is 11.2. The van der Waals surface area contributed by atoms with Gasteiger partial charge in [0.25, 0.3) is 0 Å². The van der Waals surface area contributed by atoms with Crippen molar-refractivity contribution in [3.8, 4) is 0 Å². The number of hydrogen-bond donors (Lipinski definition) is 1. The third kappa shape index (κ3) is 1.68. The van der Waals surface area contributed by atoms with Crippen LogP contribution >= 0.6 is 0 Å². The largest absolute Gasteiger partial charge is 0.742 e. The maximum Gasteiger partial charge on any atom is 0.213 e. The Balaban J connectivity index is 2.77. The Morgan fingerprint density at radius 2 is 1.87 bits per heavy atom. The van der Waals surface area contributed by atoms with Crippen LogP contribution in [0, 0.1) is 11.6 Å². The predicted molar refractivity (Wildman–Crippen MR) is 44.0 cm³/mol. The summed E-state index contributed by atoms with van der Waals surface area (Å²) in [5.41, 5.74) is -0.174. The molecule has 1 aromatic heterocycles. The van der Waals surface area contributed by atoms with Crippen LogP contribution in [0.25, 0.3) is 11.0 Å². The van der Waals surface area contributed by atoms with Crippen molar-refractivity contribution >= 4 is 21.2 Å². The minimum Gasteiger partial charge on any atom is -0.742 e. The van der Waals surface area contributed by atoms with E-state index < -0.39 is 26.9 Å². The number of rotatable bonds is 1. The minimum absolute atomic E-state index is 0.0525. The lowest BCUT2D eigenvalue weighted by Crippen LogP contribution is -2.00. The first-order valence-corrected chi connectivity index (χ1v) is 5.09. The molecule has 1 heterocycles. The van der Waals surface area contributed by atoms with E-state index in [0.29, 0.717) is 6.07 Å². The molecule has 0 bridgehead atoms. The predicted octanol–water partition coefficient (Wildman–Crippen LogP) is 0.745. The van der Waals surface area contributed by atoms with E-state index in [-0.39, 0.29) is 11.0 Å².